The van der Waals surface area contributed by atoms with E-state index in [1.165, 1.54) is 0 Å². The van der Waals surface area contributed by atoms with E-state index in [-0.39, 0.29) is 6.61 Å². The van der Waals surface area contributed by atoms with Crippen molar-refractivity contribution in [2.45, 2.75) is 33.4 Å². The number of alkyl halides is 2. The van der Waals surface area contributed by atoms with E-state index >= 15 is 0 Å². The van der Waals surface area contributed by atoms with Crippen molar-refractivity contribution in [1.29, 1.82) is 0 Å². The van der Waals surface area contributed by atoms with Gasteiger partial charge in [0.1, 0.15) is 12.4 Å². The summed E-state index contributed by atoms with van der Waals surface area (Å²) in [4.78, 5) is 0. The molecule has 0 fully saturated rings. The Bertz CT molecular complexity index is 285. The summed E-state index contributed by atoms with van der Waals surface area (Å²) < 4.78 is 33.9. The number of furan rings is 1. The second-order valence-electron chi connectivity index (χ2n) is 4.30. The molecule has 1 N–H and O–H groups in total. The van der Waals surface area contributed by atoms with Gasteiger partial charge < -0.3 is 14.5 Å². The summed E-state index contributed by atoms with van der Waals surface area (Å²) in [6.07, 6.45) is -0.877. The number of rotatable bonds is 8. The highest BCUT2D eigenvalue weighted by Crippen LogP contribution is 2.12. The standard InChI is InChI=1S/C12H19F2NO2/c1-9(2)5-15-6-11-10(3-4-17-11)7-16-8-12(13)14/h3-4,9,12,15H,5-8H2,1-2H3. The quantitative estimate of drug-likeness (QED) is 0.767. The molecule has 1 aromatic heterocycles. The number of nitrogens with one attached hydrogen (secondary N) is 1. The average molecular weight is 247 g/mol. The lowest BCUT2D eigenvalue weighted by atomic mass is 10.2. The fourth-order valence-electron chi connectivity index (χ4n) is 1.38. The lowest BCUT2D eigenvalue weighted by Gasteiger charge is -2.07. The topological polar surface area (TPSA) is 34.4 Å². The maximum absolute atomic E-state index is 11.9. The minimum atomic E-state index is -2.43. The van der Waals surface area contributed by atoms with Crippen LogP contribution in [-0.2, 0) is 17.9 Å². The number of hydrogen-bond donors (Lipinski definition) is 1. The van der Waals surface area contributed by atoms with Crippen molar-refractivity contribution >= 4 is 0 Å². The molecule has 0 unspecified atom stereocenters. The maximum atomic E-state index is 11.9. The zero-order valence-corrected chi connectivity index (χ0v) is 10.2. The molecule has 0 aliphatic carbocycles. The van der Waals surface area contributed by atoms with E-state index in [0.29, 0.717) is 12.5 Å². The predicted octanol–water partition coefficient (Wildman–Crippen LogP) is 2.81. The summed E-state index contributed by atoms with van der Waals surface area (Å²) in [6.45, 7) is 5.34. The molecule has 98 valence electrons. The highest BCUT2D eigenvalue weighted by Gasteiger charge is 2.08. The van der Waals surface area contributed by atoms with Gasteiger partial charge in [0.25, 0.3) is 6.43 Å². The molecule has 0 saturated carbocycles. The van der Waals surface area contributed by atoms with E-state index in [1.807, 2.05) is 0 Å². The van der Waals surface area contributed by atoms with Gasteiger partial charge >= 0.3 is 0 Å². The smallest absolute Gasteiger partial charge is 0.261 e. The third-order valence-electron chi connectivity index (χ3n) is 2.18. The normalized spacial score (nSPS) is 11.6. The van der Waals surface area contributed by atoms with Crippen LogP contribution in [0.3, 0.4) is 0 Å². The number of halogens is 2. The Labute approximate surface area is 100 Å². The van der Waals surface area contributed by atoms with Crippen molar-refractivity contribution in [3.05, 3.63) is 23.7 Å². The molecule has 5 heteroatoms. The maximum Gasteiger partial charge on any atom is 0.261 e. The van der Waals surface area contributed by atoms with Crippen LogP contribution in [0.4, 0.5) is 8.78 Å². The van der Waals surface area contributed by atoms with E-state index < -0.39 is 13.0 Å². The second kappa shape index (κ2) is 7.40. The Morgan fingerprint density at radius 3 is 2.82 bits per heavy atom. The summed E-state index contributed by atoms with van der Waals surface area (Å²) in [6, 6.07) is 1.75. The van der Waals surface area contributed by atoms with E-state index in [9.17, 15) is 8.78 Å². The zero-order chi connectivity index (χ0) is 12.7. The molecule has 0 aromatic carbocycles. The van der Waals surface area contributed by atoms with Gasteiger partial charge in [-0.05, 0) is 18.5 Å². The summed E-state index contributed by atoms with van der Waals surface area (Å²) in [5, 5.41) is 3.23. The molecule has 17 heavy (non-hydrogen) atoms. The highest BCUT2D eigenvalue weighted by atomic mass is 19.3. The van der Waals surface area contributed by atoms with Crippen molar-refractivity contribution in [1.82, 2.24) is 5.32 Å². The monoisotopic (exact) mass is 247 g/mol. The van der Waals surface area contributed by atoms with Gasteiger partial charge in [-0.25, -0.2) is 8.78 Å². The minimum Gasteiger partial charge on any atom is -0.468 e. The van der Waals surface area contributed by atoms with Gasteiger partial charge in [0, 0.05) is 5.56 Å². The van der Waals surface area contributed by atoms with Crippen molar-refractivity contribution < 1.29 is 17.9 Å². The molecule has 3 nitrogen and oxygen atoms in total. The summed E-state index contributed by atoms with van der Waals surface area (Å²) >= 11 is 0. The molecule has 0 spiro atoms. The number of ether oxygens (including phenoxy) is 1. The van der Waals surface area contributed by atoms with Gasteiger partial charge in [-0.3, -0.25) is 0 Å². The van der Waals surface area contributed by atoms with Crippen molar-refractivity contribution in [3.63, 3.8) is 0 Å². The SMILES string of the molecule is CC(C)CNCc1occc1COCC(F)F. The molecule has 0 atom stereocenters. The fraction of sp³-hybridized carbons (Fsp3) is 0.667. The molecule has 0 aliphatic rings. The van der Waals surface area contributed by atoms with Gasteiger partial charge in [-0.2, -0.15) is 0 Å². The van der Waals surface area contributed by atoms with Crippen LogP contribution < -0.4 is 5.32 Å². The molecule has 1 heterocycles. The van der Waals surface area contributed by atoms with Crippen LogP contribution in [0.5, 0.6) is 0 Å². The largest absolute Gasteiger partial charge is 0.468 e. The first-order chi connectivity index (χ1) is 8.09. The Morgan fingerprint density at radius 1 is 1.41 bits per heavy atom. The van der Waals surface area contributed by atoms with Crippen molar-refractivity contribution in [3.8, 4) is 0 Å². The number of hydrogen-bond acceptors (Lipinski definition) is 3. The molecule has 1 rings (SSSR count). The first kappa shape index (κ1) is 14.1. The molecule has 0 amide bonds. The molecule has 1 aromatic rings. The van der Waals surface area contributed by atoms with Crippen LogP contribution in [0.1, 0.15) is 25.2 Å². The van der Waals surface area contributed by atoms with Gasteiger partial charge in [-0.1, -0.05) is 13.8 Å². The summed E-state index contributed by atoms with van der Waals surface area (Å²) in [5.74, 6) is 1.31. The zero-order valence-electron chi connectivity index (χ0n) is 10.2. The Balaban J connectivity index is 2.32. The van der Waals surface area contributed by atoms with E-state index in [0.717, 1.165) is 17.9 Å². The Kier molecular flexibility index (Phi) is 6.15. The van der Waals surface area contributed by atoms with Crippen LogP contribution in [0.2, 0.25) is 0 Å². The summed E-state index contributed by atoms with van der Waals surface area (Å²) in [5.41, 5.74) is 0.821. The third-order valence-corrected chi connectivity index (χ3v) is 2.18. The minimum absolute atomic E-state index is 0.166. The van der Waals surface area contributed by atoms with Crippen molar-refractivity contribution in [2.24, 2.45) is 5.92 Å². The van der Waals surface area contributed by atoms with Gasteiger partial charge in [0.15, 0.2) is 0 Å². The molecular weight excluding hydrogens is 228 g/mol. The van der Waals surface area contributed by atoms with E-state index in [2.05, 4.69) is 19.2 Å². The van der Waals surface area contributed by atoms with Gasteiger partial charge in [0.05, 0.1) is 19.4 Å². The average Bonchev–Trinajstić information content (AvgIpc) is 2.65. The van der Waals surface area contributed by atoms with Crippen LogP contribution in [0, 0.1) is 5.92 Å². The summed E-state index contributed by atoms with van der Waals surface area (Å²) in [7, 11) is 0. The predicted molar refractivity (Wildman–Crippen MR) is 60.9 cm³/mol. The molecule has 0 aliphatic heterocycles. The van der Waals surface area contributed by atoms with Crippen LogP contribution in [-0.4, -0.2) is 19.6 Å². The van der Waals surface area contributed by atoms with Gasteiger partial charge in [0.2, 0.25) is 0 Å². The Hall–Kier alpha value is -0.940. The van der Waals surface area contributed by atoms with Crippen molar-refractivity contribution in [2.75, 3.05) is 13.2 Å². The highest BCUT2D eigenvalue weighted by molar-refractivity contribution is 5.15. The second-order valence-corrected chi connectivity index (χ2v) is 4.30. The Morgan fingerprint density at radius 2 is 2.18 bits per heavy atom. The van der Waals surface area contributed by atoms with Gasteiger partial charge in [-0.15, -0.1) is 0 Å². The first-order valence-corrected chi connectivity index (χ1v) is 5.71. The molecular formula is C12H19F2NO2. The van der Waals surface area contributed by atoms with Crippen LogP contribution >= 0.6 is 0 Å². The third kappa shape index (κ3) is 5.79. The van der Waals surface area contributed by atoms with Crippen LogP contribution in [0.25, 0.3) is 0 Å². The molecule has 0 saturated heterocycles. The lowest BCUT2D eigenvalue weighted by Crippen LogP contribution is -2.19. The molecule has 0 bridgehead atoms. The fourth-order valence-corrected chi connectivity index (χ4v) is 1.38. The van der Waals surface area contributed by atoms with E-state index in [1.54, 1.807) is 12.3 Å². The van der Waals surface area contributed by atoms with Crippen LogP contribution in [0.15, 0.2) is 16.7 Å². The lowest BCUT2D eigenvalue weighted by molar-refractivity contribution is 0.00941. The molecule has 0 radical (unpaired) electrons. The van der Waals surface area contributed by atoms with E-state index in [4.69, 9.17) is 9.15 Å². The first-order valence-electron chi connectivity index (χ1n) is 5.71.